The Labute approximate surface area is 163 Å². The number of carbonyl (C=O) groups is 2. The van der Waals surface area contributed by atoms with Gasteiger partial charge >= 0.3 is 0 Å². The molecule has 0 unspecified atom stereocenters. The van der Waals surface area contributed by atoms with Crippen LogP contribution in [0.25, 0.3) is 10.8 Å². The molecule has 0 bridgehead atoms. The van der Waals surface area contributed by atoms with Crippen molar-refractivity contribution in [2.24, 2.45) is 0 Å². The number of nitrogens with one attached hydrogen (secondary N) is 2. The van der Waals surface area contributed by atoms with E-state index in [0.717, 1.165) is 16.3 Å². The van der Waals surface area contributed by atoms with Gasteiger partial charge in [0.05, 0.1) is 0 Å². The largest absolute Gasteiger partial charge is 0.484 e. The van der Waals surface area contributed by atoms with E-state index in [-0.39, 0.29) is 6.61 Å². The molecule has 0 aliphatic carbocycles. The second-order valence-electron chi connectivity index (χ2n) is 6.41. The summed E-state index contributed by atoms with van der Waals surface area (Å²) in [6.07, 6.45) is -0.778. The summed E-state index contributed by atoms with van der Waals surface area (Å²) >= 11 is 0. The summed E-state index contributed by atoms with van der Waals surface area (Å²) in [5, 5.41) is 2.11. The molecule has 0 fully saturated rings. The Morgan fingerprint density at radius 2 is 1.57 bits per heavy atom. The van der Waals surface area contributed by atoms with Crippen molar-refractivity contribution in [1.29, 1.82) is 0 Å². The van der Waals surface area contributed by atoms with Crippen molar-refractivity contribution in [3.8, 4) is 11.5 Å². The average molecular weight is 378 g/mol. The van der Waals surface area contributed by atoms with Gasteiger partial charge in [-0.05, 0) is 48.9 Å². The molecule has 144 valence electrons. The molecule has 0 aliphatic rings. The summed E-state index contributed by atoms with van der Waals surface area (Å²) in [5.74, 6) is 0.235. The first-order valence-electron chi connectivity index (χ1n) is 8.95. The van der Waals surface area contributed by atoms with E-state index in [9.17, 15) is 9.59 Å². The van der Waals surface area contributed by atoms with E-state index in [1.807, 2.05) is 55.5 Å². The van der Waals surface area contributed by atoms with Crippen molar-refractivity contribution in [2.45, 2.75) is 20.0 Å². The molecule has 1 atom stereocenters. The highest BCUT2D eigenvalue weighted by Gasteiger charge is 2.15. The summed E-state index contributed by atoms with van der Waals surface area (Å²) < 4.78 is 11.0. The molecule has 0 heterocycles. The molecule has 2 amide bonds. The summed E-state index contributed by atoms with van der Waals surface area (Å²) in [6, 6.07) is 20.8. The van der Waals surface area contributed by atoms with Crippen LogP contribution < -0.4 is 20.3 Å². The zero-order valence-corrected chi connectivity index (χ0v) is 15.8. The van der Waals surface area contributed by atoms with Gasteiger partial charge < -0.3 is 9.47 Å². The number of ether oxygens (including phenoxy) is 2. The van der Waals surface area contributed by atoms with Crippen LogP contribution in [0.5, 0.6) is 11.5 Å². The van der Waals surface area contributed by atoms with E-state index in [1.165, 1.54) is 0 Å². The van der Waals surface area contributed by atoms with Crippen molar-refractivity contribution in [3.63, 3.8) is 0 Å². The van der Waals surface area contributed by atoms with Crippen LogP contribution in [-0.4, -0.2) is 24.5 Å². The van der Waals surface area contributed by atoms with Gasteiger partial charge in [-0.3, -0.25) is 20.4 Å². The van der Waals surface area contributed by atoms with Crippen LogP contribution in [-0.2, 0) is 9.59 Å². The van der Waals surface area contributed by atoms with Crippen molar-refractivity contribution >= 4 is 22.6 Å². The van der Waals surface area contributed by atoms with Crippen LogP contribution >= 0.6 is 0 Å². The predicted molar refractivity (Wildman–Crippen MR) is 107 cm³/mol. The van der Waals surface area contributed by atoms with Crippen LogP contribution in [0.15, 0.2) is 66.7 Å². The highest BCUT2D eigenvalue weighted by atomic mass is 16.5. The van der Waals surface area contributed by atoms with E-state index >= 15 is 0 Å². The average Bonchev–Trinajstić information content (AvgIpc) is 2.71. The topological polar surface area (TPSA) is 76.7 Å². The molecule has 6 nitrogen and oxygen atoms in total. The van der Waals surface area contributed by atoms with Crippen molar-refractivity contribution < 1.29 is 19.1 Å². The van der Waals surface area contributed by atoms with Gasteiger partial charge in [-0.2, -0.15) is 0 Å². The fourth-order valence-corrected chi connectivity index (χ4v) is 2.55. The number of hydrogen-bond acceptors (Lipinski definition) is 4. The van der Waals surface area contributed by atoms with Crippen LogP contribution in [0.2, 0.25) is 0 Å². The number of fused-ring (bicyclic) bond motifs is 1. The fourth-order valence-electron chi connectivity index (χ4n) is 2.55. The minimum atomic E-state index is -0.778. The molecule has 2 N–H and O–H groups in total. The molecule has 0 saturated carbocycles. The highest BCUT2D eigenvalue weighted by molar-refractivity contribution is 5.86. The minimum absolute atomic E-state index is 0.205. The number of benzene rings is 3. The monoisotopic (exact) mass is 378 g/mol. The lowest BCUT2D eigenvalue weighted by molar-refractivity contribution is -0.133. The van der Waals surface area contributed by atoms with Gasteiger partial charge in [-0.25, -0.2) is 0 Å². The molecule has 0 aliphatic heterocycles. The lowest BCUT2D eigenvalue weighted by atomic mass is 10.1. The first-order valence-corrected chi connectivity index (χ1v) is 8.95. The third kappa shape index (κ3) is 5.23. The zero-order valence-electron chi connectivity index (χ0n) is 15.8. The van der Waals surface area contributed by atoms with Gasteiger partial charge in [-0.1, -0.05) is 48.0 Å². The third-order valence-electron chi connectivity index (χ3n) is 4.12. The predicted octanol–water partition coefficient (Wildman–Crippen LogP) is 3.14. The second kappa shape index (κ2) is 8.90. The molecule has 3 aromatic carbocycles. The van der Waals surface area contributed by atoms with Crippen LogP contribution in [0.4, 0.5) is 0 Å². The molecular weight excluding hydrogens is 356 g/mol. The number of carbonyl (C=O) groups excluding carboxylic acids is 2. The number of hydrogen-bond donors (Lipinski definition) is 2. The zero-order chi connectivity index (χ0) is 19.9. The van der Waals surface area contributed by atoms with E-state index in [1.54, 1.807) is 25.1 Å². The Hall–Kier alpha value is -3.54. The standard InChI is InChI=1S/C22H22N2O4/c1-15-7-10-19(11-8-15)27-14-21(25)23-24-22(26)16(2)28-20-12-9-17-5-3-4-6-18(17)13-20/h3-13,16H,14H2,1-2H3,(H,23,25)(H,24,26)/t16-/m0/s1. The minimum Gasteiger partial charge on any atom is -0.484 e. The number of amides is 2. The first-order chi connectivity index (χ1) is 13.5. The summed E-state index contributed by atoms with van der Waals surface area (Å²) in [6.45, 7) is 3.37. The van der Waals surface area contributed by atoms with Gasteiger partial charge in [0.2, 0.25) is 0 Å². The van der Waals surface area contributed by atoms with Crippen molar-refractivity contribution in [1.82, 2.24) is 10.9 Å². The second-order valence-corrected chi connectivity index (χ2v) is 6.41. The van der Waals surface area contributed by atoms with Gasteiger partial charge in [0.1, 0.15) is 11.5 Å². The van der Waals surface area contributed by atoms with Gasteiger partial charge in [-0.15, -0.1) is 0 Å². The Balaban J connectivity index is 1.45. The maximum Gasteiger partial charge on any atom is 0.279 e. The van der Waals surface area contributed by atoms with E-state index < -0.39 is 17.9 Å². The molecule has 6 heteroatoms. The Morgan fingerprint density at radius 1 is 0.893 bits per heavy atom. The number of hydrazine groups is 1. The van der Waals surface area contributed by atoms with Crippen LogP contribution in [0.3, 0.4) is 0 Å². The summed E-state index contributed by atoms with van der Waals surface area (Å²) in [4.78, 5) is 24.0. The normalized spacial score (nSPS) is 11.5. The lowest BCUT2D eigenvalue weighted by Crippen LogP contribution is -2.48. The molecule has 3 aromatic rings. The molecule has 0 radical (unpaired) electrons. The molecule has 28 heavy (non-hydrogen) atoms. The first kappa shape index (κ1) is 19.2. The fraction of sp³-hybridized carbons (Fsp3) is 0.182. The molecule has 0 spiro atoms. The van der Waals surface area contributed by atoms with Crippen molar-refractivity contribution in [2.75, 3.05) is 6.61 Å². The molecule has 0 aromatic heterocycles. The van der Waals surface area contributed by atoms with E-state index in [2.05, 4.69) is 10.9 Å². The molecular formula is C22H22N2O4. The van der Waals surface area contributed by atoms with Gasteiger partial charge in [0.25, 0.3) is 11.8 Å². The quantitative estimate of drug-likeness (QED) is 0.646. The maximum atomic E-state index is 12.1. The number of aryl methyl sites for hydroxylation is 1. The maximum absolute atomic E-state index is 12.1. The van der Waals surface area contributed by atoms with Gasteiger partial charge in [0, 0.05) is 0 Å². The van der Waals surface area contributed by atoms with Crippen molar-refractivity contribution in [3.05, 3.63) is 72.3 Å². The molecule has 3 rings (SSSR count). The SMILES string of the molecule is Cc1ccc(OCC(=O)NNC(=O)[C@H](C)Oc2ccc3ccccc3c2)cc1. The Kier molecular flexibility index (Phi) is 6.11. The smallest absolute Gasteiger partial charge is 0.279 e. The van der Waals surface area contributed by atoms with Crippen LogP contribution in [0.1, 0.15) is 12.5 Å². The van der Waals surface area contributed by atoms with E-state index in [4.69, 9.17) is 9.47 Å². The van der Waals surface area contributed by atoms with E-state index in [0.29, 0.717) is 11.5 Å². The Bertz CT molecular complexity index is 970. The summed E-state index contributed by atoms with van der Waals surface area (Å²) in [7, 11) is 0. The third-order valence-corrected chi connectivity index (χ3v) is 4.12. The summed E-state index contributed by atoms with van der Waals surface area (Å²) in [5.41, 5.74) is 5.76. The van der Waals surface area contributed by atoms with Gasteiger partial charge in [0.15, 0.2) is 12.7 Å². The molecule has 0 saturated heterocycles. The highest BCUT2D eigenvalue weighted by Crippen LogP contribution is 2.21. The van der Waals surface area contributed by atoms with Crippen LogP contribution in [0, 0.1) is 6.92 Å². The Morgan fingerprint density at radius 3 is 2.32 bits per heavy atom. The lowest BCUT2D eigenvalue weighted by Gasteiger charge is -2.15. The number of rotatable bonds is 6.